The summed E-state index contributed by atoms with van der Waals surface area (Å²) in [4.78, 5) is 19.6. The van der Waals surface area contributed by atoms with Crippen LogP contribution in [0.1, 0.15) is 21.9 Å². The predicted molar refractivity (Wildman–Crippen MR) is 95.2 cm³/mol. The summed E-state index contributed by atoms with van der Waals surface area (Å²) in [5, 5.41) is 3.90. The van der Waals surface area contributed by atoms with Gasteiger partial charge in [0.2, 0.25) is 0 Å². The van der Waals surface area contributed by atoms with E-state index < -0.39 is 0 Å². The first-order valence-electron chi connectivity index (χ1n) is 8.30. The van der Waals surface area contributed by atoms with Gasteiger partial charge in [-0.25, -0.2) is 9.78 Å². The smallest absolute Gasteiger partial charge is 0.317 e. The van der Waals surface area contributed by atoms with Gasteiger partial charge in [0.1, 0.15) is 5.01 Å². The molecule has 1 unspecified atom stereocenters. The lowest BCUT2D eigenvalue weighted by molar-refractivity contribution is -0.0176. The van der Waals surface area contributed by atoms with Crippen LogP contribution in [0.15, 0.2) is 36.5 Å². The van der Waals surface area contributed by atoms with Crippen LogP contribution in [0, 0.1) is 6.92 Å². The van der Waals surface area contributed by atoms with Crippen molar-refractivity contribution in [1.29, 1.82) is 0 Å². The van der Waals surface area contributed by atoms with Gasteiger partial charge >= 0.3 is 6.03 Å². The van der Waals surface area contributed by atoms with Gasteiger partial charge in [0, 0.05) is 24.2 Å². The number of aryl methyl sites for hydroxylation is 2. The summed E-state index contributed by atoms with van der Waals surface area (Å²) in [7, 11) is 0. The largest absolute Gasteiger partial charge is 0.375 e. The zero-order chi connectivity index (χ0) is 16.8. The molecule has 1 saturated heterocycles. The Labute approximate surface area is 146 Å². The Morgan fingerprint density at radius 3 is 3.00 bits per heavy atom. The van der Waals surface area contributed by atoms with Gasteiger partial charge in [-0.05, 0) is 25.3 Å². The maximum Gasteiger partial charge on any atom is 0.317 e. The summed E-state index contributed by atoms with van der Waals surface area (Å²) in [6, 6.07) is 10.4. The molecule has 1 aromatic heterocycles. The Kier molecular flexibility index (Phi) is 5.82. The molecule has 0 saturated carbocycles. The van der Waals surface area contributed by atoms with Crippen LogP contribution in [0.2, 0.25) is 0 Å². The zero-order valence-electron chi connectivity index (χ0n) is 13.9. The van der Waals surface area contributed by atoms with Gasteiger partial charge in [-0.3, -0.25) is 0 Å². The van der Waals surface area contributed by atoms with Crippen LogP contribution in [-0.2, 0) is 17.7 Å². The molecule has 1 aliphatic rings. The second-order valence-electron chi connectivity index (χ2n) is 5.99. The summed E-state index contributed by atoms with van der Waals surface area (Å²) in [6.07, 6.45) is 3.84. The molecule has 5 nitrogen and oxygen atoms in total. The number of hydrogen-bond donors (Lipinski definition) is 1. The second-order valence-corrected chi connectivity index (χ2v) is 7.31. The minimum atomic E-state index is -0.0316. The Balaban J connectivity index is 1.45. The summed E-state index contributed by atoms with van der Waals surface area (Å²) >= 11 is 1.61. The molecule has 1 aliphatic heterocycles. The average molecular weight is 345 g/mol. The van der Waals surface area contributed by atoms with Crippen molar-refractivity contribution in [2.45, 2.75) is 32.4 Å². The van der Waals surface area contributed by atoms with Crippen LogP contribution in [0.25, 0.3) is 0 Å². The van der Waals surface area contributed by atoms with Crippen molar-refractivity contribution >= 4 is 17.4 Å². The molecule has 1 fully saturated rings. The number of carbonyl (C=O) groups is 1. The fraction of sp³-hybridized carbons (Fsp3) is 0.444. The zero-order valence-corrected chi connectivity index (χ0v) is 14.7. The molecule has 1 aromatic carbocycles. The molecular weight excluding hydrogens is 322 g/mol. The number of aromatic nitrogens is 1. The SMILES string of the molecule is Cc1cnc(CNC(=O)N2CCOC(CCc3ccccc3)C2)s1. The maximum atomic E-state index is 12.3. The first kappa shape index (κ1) is 16.9. The molecular formula is C18H23N3O2S. The molecule has 2 aromatic rings. The van der Waals surface area contributed by atoms with Gasteiger partial charge in [0.15, 0.2) is 0 Å². The third kappa shape index (κ3) is 4.79. The van der Waals surface area contributed by atoms with E-state index >= 15 is 0 Å². The quantitative estimate of drug-likeness (QED) is 0.906. The lowest BCUT2D eigenvalue weighted by Crippen LogP contribution is -2.49. The molecule has 24 heavy (non-hydrogen) atoms. The summed E-state index contributed by atoms with van der Waals surface area (Å²) in [5.74, 6) is 0. The number of urea groups is 1. The lowest BCUT2D eigenvalue weighted by Gasteiger charge is -2.33. The molecule has 0 aliphatic carbocycles. The monoisotopic (exact) mass is 345 g/mol. The molecule has 1 N–H and O–H groups in total. The number of thiazole rings is 1. The number of carbonyl (C=O) groups excluding carboxylic acids is 1. The fourth-order valence-electron chi connectivity index (χ4n) is 2.80. The van der Waals surface area contributed by atoms with E-state index in [4.69, 9.17) is 4.74 Å². The highest BCUT2D eigenvalue weighted by atomic mass is 32.1. The van der Waals surface area contributed by atoms with Gasteiger partial charge in [-0.15, -0.1) is 11.3 Å². The Hall–Kier alpha value is -1.92. The van der Waals surface area contributed by atoms with Gasteiger partial charge in [0.25, 0.3) is 0 Å². The van der Waals surface area contributed by atoms with Crippen LogP contribution in [-0.4, -0.2) is 41.7 Å². The second kappa shape index (κ2) is 8.26. The van der Waals surface area contributed by atoms with Crippen molar-refractivity contribution in [3.63, 3.8) is 0 Å². The molecule has 0 bridgehead atoms. The van der Waals surface area contributed by atoms with Crippen molar-refractivity contribution in [2.75, 3.05) is 19.7 Å². The van der Waals surface area contributed by atoms with Crippen LogP contribution < -0.4 is 5.32 Å². The Morgan fingerprint density at radius 2 is 2.25 bits per heavy atom. The van der Waals surface area contributed by atoms with E-state index in [1.807, 2.05) is 24.1 Å². The minimum Gasteiger partial charge on any atom is -0.375 e. The number of benzene rings is 1. The molecule has 128 valence electrons. The highest BCUT2D eigenvalue weighted by Gasteiger charge is 2.24. The van der Waals surface area contributed by atoms with Crippen LogP contribution in [0.4, 0.5) is 4.79 Å². The van der Waals surface area contributed by atoms with Crippen molar-refractivity contribution < 1.29 is 9.53 Å². The van der Waals surface area contributed by atoms with Crippen molar-refractivity contribution in [2.24, 2.45) is 0 Å². The maximum absolute atomic E-state index is 12.3. The number of hydrogen-bond acceptors (Lipinski definition) is 4. The number of ether oxygens (including phenoxy) is 1. The van der Waals surface area contributed by atoms with Crippen LogP contribution >= 0.6 is 11.3 Å². The first-order chi connectivity index (χ1) is 11.7. The minimum absolute atomic E-state index is 0.0316. The number of amides is 2. The van der Waals surface area contributed by atoms with Crippen LogP contribution in [0.3, 0.4) is 0 Å². The summed E-state index contributed by atoms with van der Waals surface area (Å²) in [6.45, 7) is 4.40. The average Bonchev–Trinajstić information content (AvgIpc) is 3.04. The van der Waals surface area contributed by atoms with E-state index in [1.165, 1.54) is 5.56 Å². The van der Waals surface area contributed by atoms with Crippen molar-refractivity contribution in [1.82, 2.24) is 15.2 Å². The lowest BCUT2D eigenvalue weighted by atomic mass is 10.1. The van der Waals surface area contributed by atoms with E-state index in [-0.39, 0.29) is 12.1 Å². The standard InChI is InChI=1S/C18H23N3O2S/c1-14-11-19-17(24-14)12-20-18(22)21-9-10-23-16(13-21)8-7-15-5-3-2-4-6-15/h2-6,11,16H,7-10,12-13H2,1H3,(H,20,22). The summed E-state index contributed by atoms with van der Waals surface area (Å²) < 4.78 is 5.81. The fourth-order valence-corrected chi connectivity index (χ4v) is 3.52. The molecule has 6 heteroatoms. The number of nitrogens with zero attached hydrogens (tertiary/aromatic N) is 2. The molecule has 3 rings (SSSR count). The molecule has 0 spiro atoms. The van der Waals surface area contributed by atoms with Crippen LogP contribution in [0.5, 0.6) is 0 Å². The number of rotatable bonds is 5. The van der Waals surface area contributed by atoms with E-state index in [0.29, 0.717) is 26.2 Å². The Morgan fingerprint density at radius 1 is 1.42 bits per heavy atom. The van der Waals surface area contributed by atoms with Gasteiger partial charge < -0.3 is 15.0 Å². The first-order valence-corrected chi connectivity index (χ1v) is 9.12. The summed E-state index contributed by atoms with van der Waals surface area (Å²) in [5.41, 5.74) is 1.31. The van der Waals surface area contributed by atoms with E-state index in [2.05, 4.69) is 34.6 Å². The number of morpholine rings is 1. The van der Waals surface area contributed by atoms with E-state index in [9.17, 15) is 4.79 Å². The molecule has 1 atom stereocenters. The van der Waals surface area contributed by atoms with Gasteiger partial charge in [-0.2, -0.15) is 0 Å². The van der Waals surface area contributed by atoms with Crippen molar-refractivity contribution in [3.8, 4) is 0 Å². The third-order valence-electron chi connectivity index (χ3n) is 4.08. The highest BCUT2D eigenvalue weighted by molar-refractivity contribution is 7.11. The Bertz CT molecular complexity index is 659. The van der Waals surface area contributed by atoms with Crippen molar-refractivity contribution in [3.05, 3.63) is 52.0 Å². The molecule has 0 radical (unpaired) electrons. The van der Waals surface area contributed by atoms with Gasteiger partial charge in [0.05, 0.1) is 19.3 Å². The van der Waals surface area contributed by atoms with E-state index in [1.54, 1.807) is 11.3 Å². The van der Waals surface area contributed by atoms with E-state index in [0.717, 1.165) is 22.7 Å². The molecule has 2 amide bonds. The number of nitrogens with one attached hydrogen (secondary N) is 1. The highest BCUT2D eigenvalue weighted by Crippen LogP contribution is 2.14. The third-order valence-corrected chi connectivity index (χ3v) is 5.00. The predicted octanol–water partition coefficient (Wildman–Crippen LogP) is 2.99. The molecule has 2 heterocycles. The normalized spacial score (nSPS) is 17.7. The topological polar surface area (TPSA) is 54.5 Å². The van der Waals surface area contributed by atoms with Gasteiger partial charge in [-0.1, -0.05) is 30.3 Å².